The van der Waals surface area contributed by atoms with Crippen molar-refractivity contribution in [1.29, 1.82) is 0 Å². The van der Waals surface area contributed by atoms with E-state index >= 15 is 0 Å². The molecule has 31 heavy (non-hydrogen) atoms. The van der Waals surface area contributed by atoms with E-state index in [1.165, 1.54) is 12.1 Å². The summed E-state index contributed by atoms with van der Waals surface area (Å²) in [6.07, 6.45) is 0. The third kappa shape index (κ3) is 6.76. The van der Waals surface area contributed by atoms with Gasteiger partial charge in [-0.05, 0) is 54.1 Å². The Balaban J connectivity index is 1.71. The largest absolute Gasteiger partial charge is 0.435 e. The van der Waals surface area contributed by atoms with Gasteiger partial charge in [-0.3, -0.25) is 4.79 Å². The van der Waals surface area contributed by atoms with Gasteiger partial charge in [0.2, 0.25) is 10.0 Å². The number of hydrogen-bond donors (Lipinski definition) is 3. The topological polar surface area (TPSA) is 111 Å². The third-order valence-electron chi connectivity index (χ3n) is 4.11. The van der Waals surface area contributed by atoms with E-state index in [4.69, 9.17) is 5.14 Å². The lowest BCUT2D eigenvalue weighted by Gasteiger charge is -2.13. The molecular formula is C21H19F2N3O4S. The normalized spacial score (nSPS) is 11.2. The molecule has 3 aromatic rings. The molecule has 0 aliphatic heterocycles. The molecule has 0 aromatic heterocycles. The molecule has 0 saturated heterocycles. The van der Waals surface area contributed by atoms with Crippen molar-refractivity contribution in [3.63, 3.8) is 0 Å². The second-order valence-electron chi connectivity index (χ2n) is 6.53. The van der Waals surface area contributed by atoms with E-state index in [0.717, 1.165) is 0 Å². The van der Waals surface area contributed by atoms with Crippen molar-refractivity contribution in [2.45, 2.75) is 12.4 Å². The number of nitrogens with one attached hydrogen (secondary N) is 2. The van der Waals surface area contributed by atoms with Crippen LogP contribution in [0, 0.1) is 0 Å². The quantitative estimate of drug-likeness (QED) is 0.482. The summed E-state index contributed by atoms with van der Waals surface area (Å²) in [5, 5.41) is 10.8. The van der Waals surface area contributed by atoms with Gasteiger partial charge in [-0.25, -0.2) is 13.6 Å². The number of amides is 1. The number of alkyl halides is 2. The van der Waals surface area contributed by atoms with Gasteiger partial charge in [0.1, 0.15) is 5.75 Å². The van der Waals surface area contributed by atoms with Crippen LogP contribution in [-0.4, -0.2) is 20.9 Å². The van der Waals surface area contributed by atoms with E-state index in [1.807, 2.05) is 0 Å². The molecule has 0 heterocycles. The van der Waals surface area contributed by atoms with Crippen LogP contribution in [0.1, 0.15) is 15.9 Å². The fourth-order valence-electron chi connectivity index (χ4n) is 2.78. The zero-order valence-electron chi connectivity index (χ0n) is 16.1. The first-order valence-electron chi connectivity index (χ1n) is 9.01. The van der Waals surface area contributed by atoms with Gasteiger partial charge in [-0.15, -0.1) is 0 Å². The van der Waals surface area contributed by atoms with E-state index in [0.29, 0.717) is 28.2 Å². The predicted octanol–water partition coefficient (Wildman–Crippen LogP) is 4.07. The van der Waals surface area contributed by atoms with Crippen LogP contribution in [0.2, 0.25) is 0 Å². The van der Waals surface area contributed by atoms with Gasteiger partial charge in [0.15, 0.2) is 0 Å². The van der Waals surface area contributed by atoms with Crippen LogP contribution in [-0.2, 0) is 15.8 Å². The summed E-state index contributed by atoms with van der Waals surface area (Å²) in [4.78, 5) is 12.7. The summed E-state index contributed by atoms with van der Waals surface area (Å²) < 4.78 is 51.2. The Kier molecular flexibility index (Phi) is 6.83. The van der Waals surface area contributed by atoms with Crippen molar-refractivity contribution >= 4 is 33.0 Å². The molecule has 0 aliphatic carbocycles. The minimum atomic E-state index is -3.64. The first-order valence-corrected chi connectivity index (χ1v) is 10.7. The number of halogens is 2. The highest BCUT2D eigenvalue weighted by Crippen LogP contribution is 2.24. The minimum absolute atomic E-state index is 0.0254. The molecule has 0 aliphatic rings. The highest BCUT2D eigenvalue weighted by atomic mass is 32.2. The smallest absolute Gasteiger partial charge is 0.387 e. The van der Waals surface area contributed by atoms with Crippen LogP contribution in [0.3, 0.4) is 0 Å². The summed E-state index contributed by atoms with van der Waals surface area (Å²) >= 11 is 0. The monoisotopic (exact) mass is 447 g/mol. The third-order valence-corrected chi connectivity index (χ3v) is 4.85. The van der Waals surface area contributed by atoms with Crippen LogP contribution >= 0.6 is 0 Å². The van der Waals surface area contributed by atoms with Crippen molar-refractivity contribution in [2.24, 2.45) is 5.14 Å². The molecule has 3 aromatic carbocycles. The number of ether oxygens (including phenoxy) is 1. The first kappa shape index (κ1) is 22.2. The van der Waals surface area contributed by atoms with E-state index < -0.39 is 16.6 Å². The van der Waals surface area contributed by atoms with E-state index in [2.05, 4.69) is 15.4 Å². The van der Waals surface area contributed by atoms with Crippen LogP contribution in [0.15, 0.2) is 72.8 Å². The summed E-state index contributed by atoms with van der Waals surface area (Å²) in [6.45, 7) is -2.91. The number of hydrogen-bond acceptors (Lipinski definition) is 5. The fraction of sp³-hybridized carbons (Fsp3) is 0.0952. The van der Waals surface area contributed by atoms with Gasteiger partial charge in [0, 0.05) is 11.4 Å². The molecule has 0 radical (unpaired) electrons. The van der Waals surface area contributed by atoms with E-state index in [-0.39, 0.29) is 17.4 Å². The van der Waals surface area contributed by atoms with Gasteiger partial charge in [-0.1, -0.05) is 24.3 Å². The number of sulfonamides is 1. The Labute approximate surface area is 177 Å². The molecule has 10 heteroatoms. The molecule has 0 bridgehead atoms. The van der Waals surface area contributed by atoms with Crippen molar-refractivity contribution in [1.82, 2.24) is 0 Å². The van der Waals surface area contributed by atoms with Crippen LogP contribution < -0.4 is 20.5 Å². The highest BCUT2D eigenvalue weighted by Gasteiger charge is 2.12. The lowest BCUT2D eigenvalue weighted by molar-refractivity contribution is -0.0498. The molecular weight excluding hydrogens is 428 g/mol. The number of rotatable bonds is 8. The molecule has 0 spiro atoms. The second kappa shape index (κ2) is 9.54. The molecule has 4 N–H and O–H groups in total. The van der Waals surface area contributed by atoms with E-state index in [9.17, 15) is 22.0 Å². The highest BCUT2D eigenvalue weighted by molar-refractivity contribution is 7.88. The molecule has 1 amide bonds. The number of anilines is 3. The van der Waals surface area contributed by atoms with Gasteiger partial charge in [0.05, 0.1) is 17.0 Å². The van der Waals surface area contributed by atoms with Crippen LogP contribution in [0.25, 0.3) is 0 Å². The number of carbonyl (C=O) groups excluding carboxylic acids is 1. The zero-order valence-corrected chi connectivity index (χ0v) is 16.9. The summed E-state index contributed by atoms with van der Waals surface area (Å²) in [5.41, 5.74) is 2.42. The van der Waals surface area contributed by atoms with Crippen molar-refractivity contribution in [2.75, 3.05) is 10.6 Å². The number of carbonyl (C=O) groups is 1. The predicted molar refractivity (Wildman–Crippen MR) is 114 cm³/mol. The average molecular weight is 447 g/mol. The first-order chi connectivity index (χ1) is 14.7. The summed E-state index contributed by atoms with van der Waals surface area (Å²) in [5.74, 6) is -0.660. The Morgan fingerprint density at radius 3 is 2.16 bits per heavy atom. The van der Waals surface area contributed by atoms with Crippen LogP contribution in [0.5, 0.6) is 5.75 Å². The number of benzene rings is 3. The molecule has 7 nitrogen and oxygen atoms in total. The maximum Gasteiger partial charge on any atom is 0.387 e. The van der Waals surface area contributed by atoms with Crippen LogP contribution in [0.4, 0.5) is 25.8 Å². The van der Waals surface area contributed by atoms with Gasteiger partial charge >= 0.3 is 6.61 Å². The van der Waals surface area contributed by atoms with E-state index in [1.54, 1.807) is 60.7 Å². The SMILES string of the molecule is NS(=O)(=O)Cc1ccc(NC(=O)c2ccccc2Nc2ccc(OC(F)F)cc2)cc1. The summed E-state index contributed by atoms with van der Waals surface area (Å²) in [7, 11) is -3.64. The summed E-state index contributed by atoms with van der Waals surface area (Å²) in [6, 6.07) is 18.9. The molecule has 162 valence electrons. The Morgan fingerprint density at radius 2 is 1.55 bits per heavy atom. The van der Waals surface area contributed by atoms with Crippen molar-refractivity contribution in [3.05, 3.63) is 83.9 Å². The van der Waals surface area contributed by atoms with Crippen molar-refractivity contribution < 1.29 is 26.7 Å². The maximum atomic E-state index is 12.7. The lowest BCUT2D eigenvalue weighted by Crippen LogP contribution is -2.15. The second-order valence-corrected chi connectivity index (χ2v) is 8.15. The standard InChI is InChI=1S/C21H19F2N3O4S/c22-21(23)30-17-11-9-15(10-12-17)25-19-4-2-1-3-18(19)20(27)26-16-7-5-14(6-8-16)13-31(24,28)29/h1-12,21,25H,13H2,(H,26,27)(H2,24,28,29). The molecule has 0 unspecified atom stereocenters. The number of primary sulfonamides is 1. The molecule has 3 rings (SSSR count). The zero-order chi connectivity index (χ0) is 22.4. The number of para-hydroxylation sites is 1. The molecule has 0 atom stereocenters. The Hall–Kier alpha value is -3.50. The molecule has 0 saturated carbocycles. The minimum Gasteiger partial charge on any atom is -0.435 e. The molecule has 0 fully saturated rings. The average Bonchev–Trinajstić information content (AvgIpc) is 2.70. The maximum absolute atomic E-state index is 12.7. The lowest BCUT2D eigenvalue weighted by atomic mass is 10.1. The fourth-order valence-corrected chi connectivity index (χ4v) is 3.44. The Morgan fingerprint density at radius 1 is 0.935 bits per heavy atom. The van der Waals surface area contributed by atoms with Gasteiger partial charge < -0.3 is 15.4 Å². The van der Waals surface area contributed by atoms with Crippen molar-refractivity contribution in [3.8, 4) is 5.75 Å². The van der Waals surface area contributed by atoms with Gasteiger partial charge in [0.25, 0.3) is 5.91 Å². The Bertz CT molecular complexity index is 1150. The van der Waals surface area contributed by atoms with Gasteiger partial charge in [-0.2, -0.15) is 8.78 Å². The number of nitrogens with two attached hydrogens (primary N) is 1.